The van der Waals surface area contributed by atoms with Gasteiger partial charge in [-0.2, -0.15) is 4.31 Å². The monoisotopic (exact) mass is 340 g/mol. The summed E-state index contributed by atoms with van der Waals surface area (Å²) in [6.07, 6.45) is 5.97. The number of ether oxygens (including phenoxy) is 1. The zero-order chi connectivity index (χ0) is 16.9. The smallest absolute Gasteiger partial charge is 0.239 e. The maximum absolute atomic E-state index is 12.2. The zero-order valence-electron chi connectivity index (χ0n) is 13.6. The van der Waals surface area contributed by atoms with Gasteiger partial charge in [0.15, 0.2) is 0 Å². The van der Waals surface area contributed by atoms with Crippen molar-refractivity contribution in [1.82, 2.24) is 4.31 Å². The number of amides is 1. The quantitative estimate of drug-likeness (QED) is 0.861. The Labute approximate surface area is 137 Å². The molecule has 1 aliphatic carbocycles. The Morgan fingerprint density at radius 1 is 1.22 bits per heavy atom. The summed E-state index contributed by atoms with van der Waals surface area (Å²) in [7, 11) is -1.84. The largest absolute Gasteiger partial charge is 0.497 e. The molecule has 1 aliphatic rings. The van der Waals surface area contributed by atoms with Crippen LogP contribution < -0.4 is 10.1 Å². The van der Waals surface area contributed by atoms with Crippen LogP contribution in [0.3, 0.4) is 0 Å². The first kappa shape index (κ1) is 17.7. The molecule has 7 heteroatoms. The molecule has 1 saturated carbocycles. The Morgan fingerprint density at radius 2 is 1.83 bits per heavy atom. The fraction of sp³-hybridized carbons (Fsp3) is 0.562. The molecule has 0 bridgehead atoms. The van der Waals surface area contributed by atoms with Crippen molar-refractivity contribution >= 4 is 21.6 Å². The van der Waals surface area contributed by atoms with Crippen molar-refractivity contribution in [2.45, 2.75) is 38.1 Å². The van der Waals surface area contributed by atoms with Crippen molar-refractivity contribution in [3.63, 3.8) is 0 Å². The van der Waals surface area contributed by atoms with Crippen molar-refractivity contribution < 1.29 is 17.9 Å². The van der Waals surface area contributed by atoms with Crippen LogP contribution in [0.2, 0.25) is 0 Å². The molecule has 1 aromatic carbocycles. The van der Waals surface area contributed by atoms with E-state index in [9.17, 15) is 13.2 Å². The van der Waals surface area contributed by atoms with Crippen LogP contribution in [0.5, 0.6) is 5.75 Å². The number of hydrogen-bond donors (Lipinski definition) is 1. The van der Waals surface area contributed by atoms with E-state index >= 15 is 0 Å². The molecule has 128 valence electrons. The second kappa shape index (κ2) is 7.79. The number of anilines is 1. The number of sulfonamides is 1. The lowest BCUT2D eigenvalue weighted by molar-refractivity contribution is -0.116. The lowest BCUT2D eigenvalue weighted by atomic mass is 9.95. The van der Waals surface area contributed by atoms with Crippen LogP contribution in [0.4, 0.5) is 5.69 Å². The van der Waals surface area contributed by atoms with E-state index in [1.165, 1.54) is 10.6 Å². The van der Waals surface area contributed by atoms with Crippen LogP contribution in [0.15, 0.2) is 24.3 Å². The van der Waals surface area contributed by atoms with Crippen LogP contribution in [0, 0.1) is 0 Å². The fourth-order valence-corrected chi connectivity index (χ4v) is 4.01. The third kappa shape index (κ3) is 5.21. The molecule has 0 unspecified atom stereocenters. The molecule has 6 nitrogen and oxygen atoms in total. The summed E-state index contributed by atoms with van der Waals surface area (Å²) in [4.78, 5) is 12.2. The van der Waals surface area contributed by atoms with Gasteiger partial charge in [0, 0.05) is 11.7 Å². The Morgan fingerprint density at radius 3 is 2.35 bits per heavy atom. The van der Waals surface area contributed by atoms with Gasteiger partial charge in [0.2, 0.25) is 15.9 Å². The highest BCUT2D eigenvalue weighted by Gasteiger charge is 2.29. The highest BCUT2D eigenvalue weighted by molar-refractivity contribution is 7.88. The minimum atomic E-state index is -3.41. The molecule has 0 aliphatic heterocycles. The van der Waals surface area contributed by atoms with E-state index in [1.54, 1.807) is 31.4 Å². The highest BCUT2D eigenvalue weighted by atomic mass is 32.2. The maximum atomic E-state index is 12.2. The Balaban J connectivity index is 2.01. The van der Waals surface area contributed by atoms with E-state index in [1.807, 2.05) is 0 Å². The number of nitrogens with one attached hydrogen (secondary N) is 1. The molecule has 1 amide bonds. The molecule has 2 rings (SSSR count). The summed E-state index contributed by atoms with van der Waals surface area (Å²) in [6, 6.07) is 6.86. The first-order valence-corrected chi connectivity index (χ1v) is 9.65. The molecule has 0 atom stereocenters. The summed E-state index contributed by atoms with van der Waals surface area (Å²) in [5.74, 6) is 0.370. The lowest BCUT2D eigenvalue weighted by Crippen LogP contribution is -2.45. The summed E-state index contributed by atoms with van der Waals surface area (Å²) in [6.45, 7) is -0.143. The summed E-state index contributed by atoms with van der Waals surface area (Å²) < 4.78 is 30.5. The maximum Gasteiger partial charge on any atom is 0.239 e. The first-order chi connectivity index (χ1) is 10.9. The second-order valence-electron chi connectivity index (χ2n) is 5.88. The number of carbonyl (C=O) groups excluding carboxylic acids is 1. The number of nitrogens with zero attached hydrogens (tertiary/aromatic N) is 1. The van der Waals surface area contributed by atoms with Gasteiger partial charge in [-0.25, -0.2) is 8.42 Å². The average Bonchev–Trinajstić information content (AvgIpc) is 2.53. The van der Waals surface area contributed by atoms with Crippen LogP contribution >= 0.6 is 0 Å². The van der Waals surface area contributed by atoms with E-state index in [-0.39, 0.29) is 18.5 Å². The molecule has 23 heavy (non-hydrogen) atoms. The van der Waals surface area contributed by atoms with Crippen molar-refractivity contribution in [2.75, 3.05) is 25.2 Å². The molecule has 0 heterocycles. The van der Waals surface area contributed by atoms with Crippen molar-refractivity contribution in [1.29, 1.82) is 0 Å². The molecule has 1 N–H and O–H groups in total. The normalized spacial score (nSPS) is 16.3. The topological polar surface area (TPSA) is 75.7 Å². The number of rotatable bonds is 6. The van der Waals surface area contributed by atoms with Crippen LogP contribution in [-0.4, -0.2) is 44.6 Å². The average molecular weight is 340 g/mol. The third-order valence-electron chi connectivity index (χ3n) is 4.08. The summed E-state index contributed by atoms with van der Waals surface area (Å²) in [5, 5.41) is 2.73. The SMILES string of the molecule is COc1ccc(NC(=O)CN(C2CCCCC2)S(C)(=O)=O)cc1. The Kier molecular flexibility index (Phi) is 6.01. The van der Waals surface area contributed by atoms with Crippen LogP contribution in [0.1, 0.15) is 32.1 Å². The molecule has 1 fully saturated rings. The molecule has 0 spiro atoms. The van der Waals surface area contributed by atoms with Gasteiger partial charge in [0.25, 0.3) is 0 Å². The van der Waals surface area contributed by atoms with E-state index in [2.05, 4.69) is 5.32 Å². The fourth-order valence-electron chi connectivity index (χ4n) is 2.90. The lowest BCUT2D eigenvalue weighted by Gasteiger charge is -2.31. The number of carbonyl (C=O) groups is 1. The van der Waals surface area contributed by atoms with E-state index < -0.39 is 10.0 Å². The molecule has 0 aromatic heterocycles. The van der Waals surface area contributed by atoms with Crippen molar-refractivity contribution in [2.24, 2.45) is 0 Å². The minimum Gasteiger partial charge on any atom is -0.497 e. The Hall–Kier alpha value is -1.60. The van der Waals surface area contributed by atoms with E-state index in [0.717, 1.165) is 32.1 Å². The summed E-state index contributed by atoms with van der Waals surface area (Å²) in [5.41, 5.74) is 0.618. The second-order valence-corrected chi connectivity index (χ2v) is 7.81. The number of methoxy groups -OCH3 is 1. The van der Waals surface area contributed by atoms with Gasteiger partial charge >= 0.3 is 0 Å². The van der Waals surface area contributed by atoms with Crippen LogP contribution in [0.25, 0.3) is 0 Å². The molecule has 0 radical (unpaired) electrons. The zero-order valence-corrected chi connectivity index (χ0v) is 14.4. The molecular formula is C16H24N2O4S. The predicted octanol–water partition coefficient (Wildman–Crippen LogP) is 2.23. The van der Waals surface area contributed by atoms with Gasteiger partial charge in [-0.3, -0.25) is 4.79 Å². The van der Waals surface area contributed by atoms with Gasteiger partial charge in [-0.1, -0.05) is 19.3 Å². The molecule has 1 aromatic rings. The predicted molar refractivity (Wildman–Crippen MR) is 90.0 cm³/mol. The van der Waals surface area contributed by atoms with Gasteiger partial charge < -0.3 is 10.1 Å². The number of benzene rings is 1. The third-order valence-corrected chi connectivity index (χ3v) is 5.36. The summed E-state index contributed by atoms with van der Waals surface area (Å²) >= 11 is 0. The van der Waals surface area contributed by atoms with Gasteiger partial charge in [0.1, 0.15) is 5.75 Å². The van der Waals surface area contributed by atoms with Gasteiger partial charge in [-0.15, -0.1) is 0 Å². The first-order valence-electron chi connectivity index (χ1n) is 7.81. The van der Waals surface area contributed by atoms with Gasteiger partial charge in [-0.05, 0) is 37.1 Å². The van der Waals surface area contributed by atoms with Crippen LogP contribution in [-0.2, 0) is 14.8 Å². The molecular weight excluding hydrogens is 316 g/mol. The van der Waals surface area contributed by atoms with E-state index in [4.69, 9.17) is 4.74 Å². The Bertz CT molecular complexity index is 622. The van der Waals surface area contributed by atoms with Gasteiger partial charge in [0.05, 0.1) is 19.9 Å². The van der Waals surface area contributed by atoms with Crippen molar-refractivity contribution in [3.8, 4) is 5.75 Å². The van der Waals surface area contributed by atoms with Crippen molar-refractivity contribution in [3.05, 3.63) is 24.3 Å². The standard InChI is InChI=1S/C16H24N2O4S/c1-22-15-10-8-13(9-11-15)17-16(19)12-18(23(2,20)21)14-6-4-3-5-7-14/h8-11,14H,3-7,12H2,1-2H3,(H,17,19). The number of hydrogen-bond acceptors (Lipinski definition) is 4. The highest BCUT2D eigenvalue weighted by Crippen LogP contribution is 2.24. The minimum absolute atomic E-state index is 0.0691. The molecule has 0 saturated heterocycles. The van der Waals surface area contributed by atoms with E-state index in [0.29, 0.717) is 11.4 Å².